The molecule has 0 radical (unpaired) electrons. The molecule has 0 aliphatic carbocycles. The fourth-order valence-electron chi connectivity index (χ4n) is 1.55. The van der Waals surface area contributed by atoms with Gasteiger partial charge in [-0.1, -0.05) is 24.2 Å². The first kappa shape index (κ1) is 14.3. The van der Waals surface area contributed by atoms with Gasteiger partial charge in [0.05, 0.1) is 6.61 Å². The normalized spacial score (nSPS) is 13.3. The van der Waals surface area contributed by atoms with Gasteiger partial charge in [0, 0.05) is 19.0 Å². The molecule has 1 aromatic rings. The molecule has 4 N–H and O–H groups in total. The van der Waals surface area contributed by atoms with Crippen molar-refractivity contribution in [2.24, 2.45) is 16.8 Å². The van der Waals surface area contributed by atoms with Crippen molar-refractivity contribution in [2.45, 2.75) is 20.4 Å². The van der Waals surface area contributed by atoms with Crippen LogP contribution in [0.3, 0.4) is 0 Å². The summed E-state index contributed by atoms with van der Waals surface area (Å²) < 4.78 is 5.43. The second kappa shape index (κ2) is 7.55. The Hall–Kier alpha value is -1.75. The predicted molar refractivity (Wildman–Crippen MR) is 71.9 cm³/mol. The van der Waals surface area contributed by atoms with E-state index in [1.54, 1.807) is 0 Å². The Morgan fingerprint density at radius 1 is 1.56 bits per heavy atom. The summed E-state index contributed by atoms with van der Waals surface area (Å²) in [6.07, 6.45) is 0. The smallest absolute Gasteiger partial charge is 0.143 e. The molecule has 1 aromatic carbocycles. The van der Waals surface area contributed by atoms with Gasteiger partial charge in [-0.25, -0.2) is 0 Å². The first-order valence-electron chi connectivity index (χ1n) is 6.07. The number of oxime groups is 1. The van der Waals surface area contributed by atoms with Gasteiger partial charge in [-0.15, -0.1) is 0 Å². The molecular formula is C13H21N3O2. The second-order valence-electron chi connectivity index (χ2n) is 4.14. The largest absolute Gasteiger partial charge is 0.494 e. The van der Waals surface area contributed by atoms with Gasteiger partial charge >= 0.3 is 0 Å². The van der Waals surface area contributed by atoms with Crippen LogP contribution >= 0.6 is 0 Å². The third-order valence-electron chi connectivity index (χ3n) is 2.61. The zero-order valence-corrected chi connectivity index (χ0v) is 10.9. The zero-order valence-electron chi connectivity index (χ0n) is 10.9. The van der Waals surface area contributed by atoms with Gasteiger partial charge in [0.25, 0.3) is 0 Å². The maximum atomic E-state index is 8.54. The van der Waals surface area contributed by atoms with E-state index in [0.717, 1.165) is 17.9 Å². The first-order valence-corrected chi connectivity index (χ1v) is 6.07. The molecule has 1 rings (SSSR count). The van der Waals surface area contributed by atoms with Crippen LogP contribution in [0.15, 0.2) is 29.4 Å². The number of nitrogens with two attached hydrogens (primary N) is 1. The van der Waals surface area contributed by atoms with E-state index in [1.165, 1.54) is 0 Å². The van der Waals surface area contributed by atoms with E-state index in [-0.39, 0.29) is 11.8 Å². The molecule has 1 atom stereocenters. The predicted octanol–water partition coefficient (Wildman–Crippen LogP) is 1.56. The Balaban J connectivity index is 2.41. The molecule has 5 heteroatoms. The van der Waals surface area contributed by atoms with Crippen LogP contribution in [-0.4, -0.2) is 24.2 Å². The fraction of sp³-hybridized carbons (Fsp3) is 0.462. The lowest BCUT2D eigenvalue weighted by molar-refractivity contribution is 0.314. The SMILES string of the molecule is CCOc1cccc(CNCC(C)C(N)=NO)c1. The van der Waals surface area contributed by atoms with Crippen molar-refractivity contribution < 1.29 is 9.94 Å². The molecule has 0 aliphatic rings. The Bertz CT molecular complexity index is 394. The molecule has 0 spiro atoms. The van der Waals surface area contributed by atoms with E-state index in [1.807, 2.05) is 38.1 Å². The third-order valence-corrected chi connectivity index (χ3v) is 2.61. The topological polar surface area (TPSA) is 79.9 Å². The Morgan fingerprint density at radius 2 is 2.33 bits per heavy atom. The van der Waals surface area contributed by atoms with E-state index in [4.69, 9.17) is 15.7 Å². The monoisotopic (exact) mass is 251 g/mol. The van der Waals surface area contributed by atoms with E-state index in [9.17, 15) is 0 Å². The van der Waals surface area contributed by atoms with E-state index < -0.39 is 0 Å². The Morgan fingerprint density at radius 3 is 3.00 bits per heavy atom. The molecule has 0 fully saturated rings. The zero-order chi connectivity index (χ0) is 13.4. The van der Waals surface area contributed by atoms with Crippen molar-refractivity contribution >= 4 is 5.84 Å². The van der Waals surface area contributed by atoms with Crippen LogP contribution in [0.1, 0.15) is 19.4 Å². The minimum Gasteiger partial charge on any atom is -0.494 e. The first-order chi connectivity index (χ1) is 8.67. The Kier molecular flexibility index (Phi) is 6.00. The number of hydrogen-bond donors (Lipinski definition) is 3. The number of ether oxygens (including phenoxy) is 1. The molecular weight excluding hydrogens is 230 g/mol. The van der Waals surface area contributed by atoms with Crippen molar-refractivity contribution in [1.82, 2.24) is 5.32 Å². The minimum atomic E-state index is 0.00470. The minimum absolute atomic E-state index is 0.00470. The number of hydrogen-bond acceptors (Lipinski definition) is 4. The van der Waals surface area contributed by atoms with Gasteiger partial charge < -0.3 is 21.0 Å². The van der Waals surface area contributed by atoms with Gasteiger partial charge in [0.15, 0.2) is 0 Å². The van der Waals surface area contributed by atoms with Crippen LogP contribution in [0.4, 0.5) is 0 Å². The molecule has 0 heterocycles. The van der Waals surface area contributed by atoms with Gasteiger partial charge in [-0.3, -0.25) is 0 Å². The molecule has 100 valence electrons. The summed E-state index contributed by atoms with van der Waals surface area (Å²) in [7, 11) is 0. The van der Waals surface area contributed by atoms with E-state index in [0.29, 0.717) is 13.2 Å². The highest BCUT2D eigenvalue weighted by atomic mass is 16.5. The molecule has 1 unspecified atom stereocenters. The quantitative estimate of drug-likeness (QED) is 0.297. The van der Waals surface area contributed by atoms with Gasteiger partial charge in [-0.05, 0) is 24.6 Å². The number of benzene rings is 1. The van der Waals surface area contributed by atoms with Gasteiger partial charge in [-0.2, -0.15) is 0 Å². The van der Waals surface area contributed by atoms with Crippen molar-refractivity contribution in [3.8, 4) is 5.75 Å². The maximum absolute atomic E-state index is 8.54. The number of amidine groups is 1. The van der Waals surface area contributed by atoms with Crippen LogP contribution in [-0.2, 0) is 6.54 Å². The standard InChI is InChI=1S/C13H21N3O2/c1-3-18-12-6-4-5-11(7-12)9-15-8-10(2)13(14)16-17/h4-7,10,15,17H,3,8-9H2,1-2H3,(H2,14,16). The van der Waals surface area contributed by atoms with Crippen molar-refractivity contribution in [3.63, 3.8) is 0 Å². The molecule has 0 amide bonds. The molecule has 0 bridgehead atoms. The van der Waals surface area contributed by atoms with Gasteiger partial charge in [0.2, 0.25) is 0 Å². The van der Waals surface area contributed by atoms with Crippen LogP contribution in [0.2, 0.25) is 0 Å². The molecule has 0 aromatic heterocycles. The average molecular weight is 251 g/mol. The Labute approximate surface area is 108 Å². The lowest BCUT2D eigenvalue weighted by Gasteiger charge is -2.11. The molecule has 18 heavy (non-hydrogen) atoms. The molecule has 5 nitrogen and oxygen atoms in total. The molecule has 0 aliphatic heterocycles. The highest BCUT2D eigenvalue weighted by Gasteiger charge is 2.06. The summed E-state index contributed by atoms with van der Waals surface area (Å²) >= 11 is 0. The highest BCUT2D eigenvalue weighted by Crippen LogP contribution is 2.13. The molecule has 0 saturated carbocycles. The van der Waals surface area contributed by atoms with Crippen LogP contribution < -0.4 is 15.8 Å². The fourth-order valence-corrected chi connectivity index (χ4v) is 1.55. The van der Waals surface area contributed by atoms with Crippen LogP contribution in [0.25, 0.3) is 0 Å². The van der Waals surface area contributed by atoms with Gasteiger partial charge in [0.1, 0.15) is 11.6 Å². The second-order valence-corrected chi connectivity index (χ2v) is 4.14. The lowest BCUT2D eigenvalue weighted by atomic mass is 10.1. The van der Waals surface area contributed by atoms with E-state index >= 15 is 0 Å². The van der Waals surface area contributed by atoms with Crippen molar-refractivity contribution in [3.05, 3.63) is 29.8 Å². The van der Waals surface area contributed by atoms with Crippen molar-refractivity contribution in [1.29, 1.82) is 0 Å². The number of nitrogens with zero attached hydrogens (tertiary/aromatic N) is 1. The van der Waals surface area contributed by atoms with Crippen LogP contribution in [0, 0.1) is 5.92 Å². The summed E-state index contributed by atoms with van der Waals surface area (Å²) in [5.41, 5.74) is 6.65. The summed E-state index contributed by atoms with van der Waals surface area (Å²) in [6.45, 7) is 5.92. The summed E-state index contributed by atoms with van der Waals surface area (Å²) in [6, 6.07) is 7.94. The van der Waals surface area contributed by atoms with Crippen molar-refractivity contribution in [2.75, 3.05) is 13.2 Å². The average Bonchev–Trinajstić information content (AvgIpc) is 2.38. The summed E-state index contributed by atoms with van der Waals surface area (Å²) in [4.78, 5) is 0. The third kappa shape index (κ3) is 4.63. The lowest BCUT2D eigenvalue weighted by Crippen LogP contribution is -2.31. The maximum Gasteiger partial charge on any atom is 0.143 e. The summed E-state index contributed by atoms with van der Waals surface area (Å²) in [5.74, 6) is 1.12. The highest BCUT2D eigenvalue weighted by molar-refractivity contribution is 5.82. The summed E-state index contributed by atoms with van der Waals surface area (Å²) in [5, 5.41) is 14.8. The van der Waals surface area contributed by atoms with E-state index in [2.05, 4.69) is 10.5 Å². The van der Waals surface area contributed by atoms with Crippen LogP contribution in [0.5, 0.6) is 5.75 Å². The molecule has 0 saturated heterocycles. The number of nitrogens with one attached hydrogen (secondary N) is 1. The number of rotatable bonds is 7.